The molecule has 0 spiro atoms. The molecule has 1 N–H and O–H groups in total. The van der Waals surface area contributed by atoms with E-state index in [1.165, 1.54) is 48.4 Å². The van der Waals surface area contributed by atoms with E-state index in [0.29, 0.717) is 0 Å². The highest BCUT2D eigenvalue weighted by Gasteiger charge is 2.23. The van der Waals surface area contributed by atoms with Crippen LogP contribution in [0.15, 0.2) is 6.20 Å². The Morgan fingerprint density at radius 1 is 1.28 bits per heavy atom. The Hall–Kier alpha value is -0.410. The molecule has 1 aromatic rings. The minimum absolute atomic E-state index is 0.749. The van der Waals surface area contributed by atoms with Crippen molar-refractivity contribution in [2.24, 2.45) is 5.92 Å². The molecule has 1 aromatic heterocycles. The Morgan fingerprint density at radius 2 is 2.06 bits per heavy atom. The normalized spacial score (nSPS) is 24.3. The zero-order valence-corrected chi connectivity index (χ0v) is 12.6. The van der Waals surface area contributed by atoms with Crippen molar-refractivity contribution in [3.8, 4) is 0 Å². The highest BCUT2D eigenvalue weighted by Crippen LogP contribution is 2.38. The molecule has 1 aliphatic carbocycles. The lowest BCUT2D eigenvalue weighted by molar-refractivity contribution is 0.308. The molecule has 0 aliphatic heterocycles. The fraction of sp³-hybridized carbons (Fsp3) is 0.800. The van der Waals surface area contributed by atoms with E-state index in [4.69, 9.17) is 0 Å². The van der Waals surface area contributed by atoms with Gasteiger partial charge in [0.2, 0.25) is 0 Å². The van der Waals surface area contributed by atoms with Gasteiger partial charge in [-0.2, -0.15) is 0 Å². The molecule has 2 nitrogen and oxygen atoms in total. The van der Waals surface area contributed by atoms with Crippen LogP contribution in [0, 0.1) is 5.92 Å². The number of nitrogens with zero attached hydrogens (tertiary/aromatic N) is 1. The van der Waals surface area contributed by atoms with Crippen LogP contribution in [-0.2, 0) is 6.54 Å². The first kappa shape index (κ1) is 14.0. The first-order valence-corrected chi connectivity index (χ1v) is 8.30. The molecule has 0 bridgehead atoms. The van der Waals surface area contributed by atoms with Crippen LogP contribution < -0.4 is 5.32 Å². The number of aromatic nitrogens is 1. The standard InChI is InChI=1S/C15H26N2S/c1-3-5-12-6-8-13(9-7-12)15-17-11-14(18-15)10-16-4-2/h11-13,16H,3-10H2,1-2H3. The second kappa shape index (κ2) is 7.25. The van der Waals surface area contributed by atoms with E-state index in [1.807, 2.05) is 11.3 Å². The van der Waals surface area contributed by atoms with Crippen LogP contribution in [0.4, 0.5) is 0 Å². The summed E-state index contributed by atoms with van der Waals surface area (Å²) in [6.07, 6.45) is 10.4. The maximum Gasteiger partial charge on any atom is 0.0959 e. The van der Waals surface area contributed by atoms with E-state index in [9.17, 15) is 0 Å². The van der Waals surface area contributed by atoms with Crippen molar-refractivity contribution in [2.75, 3.05) is 6.54 Å². The van der Waals surface area contributed by atoms with Gasteiger partial charge in [0.25, 0.3) is 0 Å². The van der Waals surface area contributed by atoms with E-state index in [-0.39, 0.29) is 0 Å². The number of nitrogens with one attached hydrogen (secondary N) is 1. The van der Waals surface area contributed by atoms with Crippen LogP contribution in [0.1, 0.15) is 68.2 Å². The van der Waals surface area contributed by atoms with E-state index in [1.54, 1.807) is 0 Å². The summed E-state index contributed by atoms with van der Waals surface area (Å²) in [5, 5.41) is 4.76. The molecule has 0 unspecified atom stereocenters. The lowest BCUT2D eigenvalue weighted by Crippen LogP contribution is -2.13. The molecular weight excluding hydrogens is 240 g/mol. The fourth-order valence-electron chi connectivity index (χ4n) is 2.95. The van der Waals surface area contributed by atoms with Crippen LogP contribution in [-0.4, -0.2) is 11.5 Å². The molecule has 102 valence electrons. The Labute approximate surface area is 115 Å². The van der Waals surface area contributed by atoms with Crippen LogP contribution in [0.3, 0.4) is 0 Å². The smallest absolute Gasteiger partial charge is 0.0959 e. The van der Waals surface area contributed by atoms with Gasteiger partial charge >= 0.3 is 0 Å². The van der Waals surface area contributed by atoms with Crippen molar-refractivity contribution < 1.29 is 0 Å². The quantitative estimate of drug-likeness (QED) is 0.829. The van der Waals surface area contributed by atoms with E-state index < -0.39 is 0 Å². The molecule has 1 heterocycles. The third-order valence-electron chi connectivity index (χ3n) is 4.01. The molecule has 1 aliphatic rings. The van der Waals surface area contributed by atoms with Gasteiger partial charge in [0.15, 0.2) is 0 Å². The van der Waals surface area contributed by atoms with E-state index in [2.05, 4.69) is 30.3 Å². The Bertz CT molecular complexity index is 340. The predicted molar refractivity (Wildman–Crippen MR) is 79.1 cm³/mol. The minimum atomic E-state index is 0.749. The molecule has 2 rings (SSSR count). The molecule has 3 heteroatoms. The number of rotatable bonds is 6. The fourth-order valence-corrected chi connectivity index (χ4v) is 4.00. The first-order valence-electron chi connectivity index (χ1n) is 7.48. The molecule has 0 aromatic carbocycles. The molecule has 1 saturated carbocycles. The summed E-state index contributed by atoms with van der Waals surface area (Å²) >= 11 is 1.92. The molecule has 18 heavy (non-hydrogen) atoms. The lowest BCUT2D eigenvalue weighted by atomic mass is 9.80. The van der Waals surface area contributed by atoms with Gasteiger partial charge in [-0.25, -0.2) is 4.98 Å². The number of hydrogen-bond donors (Lipinski definition) is 1. The van der Waals surface area contributed by atoms with E-state index in [0.717, 1.165) is 24.9 Å². The molecule has 0 atom stereocenters. The number of hydrogen-bond acceptors (Lipinski definition) is 3. The van der Waals surface area contributed by atoms with Crippen molar-refractivity contribution in [3.05, 3.63) is 16.1 Å². The third-order valence-corrected chi connectivity index (χ3v) is 5.17. The summed E-state index contributed by atoms with van der Waals surface area (Å²) in [4.78, 5) is 6.03. The summed E-state index contributed by atoms with van der Waals surface area (Å²) in [5.74, 6) is 1.74. The van der Waals surface area contributed by atoms with Crippen LogP contribution in [0.5, 0.6) is 0 Å². The van der Waals surface area contributed by atoms with Gasteiger partial charge in [-0.15, -0.1) is 11.3 Å². The van der Waals surface area contributed by atoms with Crippen LogP contribution in [0.25, 0.3) is 0 Å². The van der Waals surface area contributed by atoms with Gasteiger partial charge in [-0.3, -0.25) is 0 Å². The SMILES string of the molecule is CCCC1CCC(c2ncc(CNCC)s2)CC1. The van der Waals surface area contributed by atoms with Crippen molar-refractivity contribution >= 4 is 11.3 Å². The second-order valence-corrected chi connectivity index (χ2v) is 6.60. The molecule has 0 radical (unpaired) electrons. The Balaban J connectivity index is 1.83. The summed E-state index contributed by atoms with van der Waals surface area (Å²) in [6.45, 7) is 6.48. The summed E-state index contributed by atoms with van der Waals surface area (Å²) in [5.41, 5.74) is 0. The molecule has 0 saturated heterocycles. The largest absolute Gasteiger partial charge is 0.312 e. The Kier molecular flexibility index (Phi) is 5.64. The van der Waals surface area contributed by atoms with Crippen LogP contribution >= 0.6 is 11.3 Å². The zero-order chi connectivity index (χ0) is 12.8. The molecule has 1 fully saturated rings. The van der Waals surface area contributed by atoms with Crippen molar-refractivity contribution in [2.45, 2.75) is 64.8 Å². The van der Waals surface area contributed by atoms with Gasteiger partial charge in [0.05, 0.1) is 5.01 Å². The highest BCUT2D eigenvalue weighted by atomic mass is 32.1. The minimum Gasteiger partial charge on any atom is -0.312 e. The lowest BCUT2D eigenvalue weighted by Gasteiger charge is -2.26. The summed E-state index contributed by atoms with van der Waals surface area (Å²) in [7, 11) is 0. The van der Waals surface area contributed by atoms with Gasteiger partial charge in [-0.1, -0.05) is 26.7 Å². The van der Waals surface area contributed by atoms with Gasteiger partial charge in [-0.05, 0) is 38.1 Å². The van der Waals surface area contributed by atoms with Crippen molar-refractivity contribution in [3.63, 3.8) is 0 Å². The van der Waals surface area contributed by atoms with Crippen molar-refractivity contribution in [1.82, 2.24) is 10.3 Å². The summed E-state index contributed by atoms with van der Waals surface area (Å²) < 4.78 is 0. The maximum absolute atomic E-state index is 4.64. The van der Waals surface area contributed by atoms with Gasteiger partial charge in [0.1, 0.15) is 0 Å². The molecular formula is C15H26N2S. The Morgan fingerprint density at radius 3 is 2.72 bits per heavy atom. The zero-order valence-electron chi connectivity index (χ0n) is 11.7. The second-order valence-electron chi connectivity index (χ2n) is 5.45. The van der Waals surface area contributed by atoms with E-state index >= 15 is 0 Å². The average Bonchev–Trinajstić information content (AvgIpc) is 2.86. The predicted octanol–water partition coefficient (Wildman–Crippen LogP) is 4.33. The average molecular weight is 266 g/mol. The van der Waals surface area contributed by atoms with Gasteiger partial charge in [0, 0.05) is 23.5 Å². The van der Waals surface area contributed by atoms with Crippen molar-refractivity contribution in [1.29, 1.82) is 0 Å². The number of thiazole rings is 1. The van der Waals surface area contributed by atoms with Crippen LogP contribution in [0.2, 0.25) is 0 Å². The first-order chi connectivity index (χ1) is 8.83. The highest BCUT2D eigenvalue weighted by molar-refractivity contribution is 7.11. The third kappa shape index (κ3) is 3.79. The summed E-state index contributed by atoms with van der Waals surface area (Å²) in [6, 6.07) is 0. The maximum atomic E-state index is 4.64. The monoisotopic (exact) mass is 266 g/mol. The topological polar surface area (TPSA) is 24.9 Å². The molecule has 0 amide bonds. The van der Waals surface area contributed by atoms with Gasteiger partial charge < -0.3 is 5.32 Å².